The minimum absolute atomic E-state index is 0.575. The zero-order valence-electron chi connectivity index (χ0n) is 9.62. The Bertz CT molecular complexity index is 332. The molecular formula is C12H20N2O. The lowest BCUT2D eigenvalue weighted by molar-refractivity contribution is 0.286. The van der Waals surface area contributed by atoms with E-state index in [1.54, 1.807) is 0 Å². The second kappa shape index (κ2) is 4.37. The number of furan rings is 1. The minimum atomic E-state index is 0.575. The first-order chi connectivity index (χ1) is 7.19. The van der Waals surface area contributed by atoms with Gasteiger partial charge in [-0.05, 0) is 31.9 Å². The van der Waals surface area contributed by atoms with Gasteiger partial charge in [0.15, 0.2) is 0 Å². The number of nitrogens with two attached hydrogens (primary N) is 1. The lowest BCUT2D eigenvalue weighted by atomic mass is 10.2. The van der Waals surface area contributed by atoms with Crippen LogP contribution in [0.25, 0.3) is 0 Å². The summed E-state index contributed by atoms with van der Waals surface area (Å²) in [5.41, 5.74) is 6.76. The highest BCUT2D eigenvalue weighted by Crippen LogP contribution is 2.20. The fourth-order valence-corrected chi connectivity index (χ4v) is 2.26. The van der Waals surface area contributed by atoms with E-state index in [9.17, 15) is 0 Å². The Labute approximate surface area is 91.2 Å². The number of likely N-dealkylation sites (tertiary alicyclic amines) is 1. The van der Waals surface area contributed by atoms with Crippen LogP contribution in [-0.4, -0.2) is 18.0 Å². The van der Waals surface area contributed by atoms with Crippen molar-refractivity contribution in [2.45, 2.75) is 33.4 Å². The first-order valence-corrected chi connectivity index (χ1v) is 5.69. The zero-order valence-corrected chi connectivity index (χ0v) is 9.62. The molecular weight excluding hydrogens is 188 g/mol. The molecule has 1 aliphatic heterocycles. The van der Waals surface area contributed by atoms with Crippen molar-refractivity contribution in [1.29, 1.82) is 0 Å². The molecule has 0 aliphatic carbocycles. The van der Waals surface area contributed by atoms with Crippen LogP contribution in [0.3, 0.4) is 0 Å². The van der Waals surface area contributed by atoms with Gasteiger partial charge in [-0.3, -0.25) is 4.90 Å². The van der Waals surface area contributed by atoms with Gasteiger partial charge < -0.3 is 10.2 Å². The third-order valence-corrected chi connectivity index (χ3v) is 3.18. The van der Waals surface area contributed by atoms with Crippen molar-refractivity contribution < 1.29 is 4.42 Å². The fourth-order valence-electron chi connectivity index (χ4n) is 2.26. The van der Waals surface area contributed by atoms with Crippen molar-refractivity contribution in [2.24, 2.45) is 11.7 Å². The number of rotatable bonds is 3. The van der Waals surface area contributed by atoms with Crippen molar-refractivity contribution in [1.82, 2.24) is 4.90 Å². The van der Waals surface area contributed by atoms with Gasteiger partial charge in [0, 0.05) is 18.7 Å². The summed E-state index contributed by atoms with van der Waals surface area (Å²) in [6, 6.07) is 2.10. The Kier molecular flexibility index (Phi) is 3.12. The lowest BCUT2D eigenvalue weighted by Crippen LogP contribution is -2.19. The van der Waals surface area contributed by atoms with E-state index in [0.29, 0.717) is 6.54 Å². The van der Waals surface area contributed by atoms with Crippen LogP contribution in [-0.2, 0) is 13.1 Å². The smallest absolute Gasteiger partial charge is 0.118 e. The average Bonchev–Trinajstić information content (AvgIpc) is 2.73. The Morgan fingerprint density at radius 1 is 1.60 bits per heavy atom. The van der Waals surface area contributed by atoms with E-state index in [1.807, 2.05) is 6.92 Å². The second-order valence-electron chi connectivity index (χ2n) is 4.63. The molecule has 1 fully saturated rings. The molecule has 1 aromatic heterocycles. The van der Waals surface area contributed by atoms with Crippen molar-refractivity contribution >= 4 is 0 Å². The third kappa shape index (κ3) is 2.41. The number of aryl methyl sites for hydroxylation is 1. The van der Waals surface area contributed by atoms with Crippen LogP contribution < -0.4 is 5.73 Å². The molecule has 1 unspecified atom stereocenters. The van der Waals surface area contributed by atoms with Gasteiger partial charge in [0.1, 0.15) is 11.5 Å². The first-order valence-electron chi connectivity index (χ1n) is 5.69. The predicted octanol–water partition coefficient (Wildman–Crippen LogP) is 1.89. The molecule has 2 heterocycles. The number of hydrogen-bond donors (Lipinski definition) is 1. The summed E-state index contributed by atoms with van der Waals surface area (Å²) < 4.78 is 5.68. The highest BCUT2D eigenvalue weighted by Gasteiger charge is 2.19. The van der Waals surface area contributed by atoms with Crippen LogP contribution in [0, 0.1) is 12.8 Å². The van der Waals surface area contributed by atoms with E-state index in [-0.39, 0.29) is 0 Å². The summed E-state index contributed by atoms with van der Waals surface area (Å²) in [7, 11) is 0. The maximum absolute atomic E-state index is 5.68. The van der Waals surface area contributed by atoms with Crippen molar-refractivity contribution in [3.05, 3.63) is 23.2 Å². The normalized spacial score (nSPS) is 22.5. The summed E-state index contributed by atoms with van der Waals surface area (Å²) in [4.78, 5) is 2.45. The van der Waals surface area contributed by atoms with Gasteiger partial charge in [-0.25, -0.2) is 0 Å². The molecule has 0 amide bonds. The van der Waals surface area contributed by atoms with Crippen LogP contribution in [0.15, 0.2) is 10.5 Å². The lowest BCUT2D eigenvalue weighted by Gasteiger charge is -2.12. The summed E-state index contributed by atoms with van der Waals surface area (Å²) in [5, 5.41) is 0. The SMILES string of the molecule is Cc1oc(CN2CCC(C)C2)cc1CN. The molecule has 15 heavy (non-hydrogen) atoms. The maximum atomic E-state index is 5.68. The largest absolute Gasteiger partial charge is 0.465 e. The molecule has 2 rings (SSSR count). The molecule has 0 saturated carbocycles. The van der Waals surface area contributed by atoms with Crippen molar-refractivity contribution in [3.8, 4) is 0 Å². The topological polar surface area (TPSA) is 42.4 Å². The zero-order chi connectivity index (χ0) is 10.8. The molecule has 1 atom stereocenters. The van der Waals surface area contributed by atoms with Crippen molar-refractivity contribution in [2.75, 3.05) is 13.1 Å². The Morgan fingerprint density at radius 2 is 2.40 bits per heavy atom. The first kappa shape index (κ1) is 10.7. The molecule has 0 aromatic carbocycles. The molecule has 3 nitrogen and oxygen atoms in total. The van der Waals surface area contributed by atoms with E-state index >= 15 is 0 Å². The van der Waals surface area contributed by atoms with Gasteiger partial charge in [0.2, 0.25) is 0 Å². The highest BCUT2D eigenvalue weighted by molar-refractivity contribution is 5.20. The van der Waals surface area contributed by atoms with E-state index in [0.717, 1.165) is 29.5 Å². The Morgan fingerprint density at radius 3 is 2.93 bits per heavy atom. The highest BCUT2D eigenvalue weighted by atomic mass is 16.3. The van der Waals surface area contributed by atoms with Gasteiger partial charge in [-0.1, -0.05) is 6.92 Å². The van der Waals surface area contributed by atoms with Crippen LogP contribution in [0.2, 0.25) is 0 Å². The molecule has 2 N–H and O–H groups in total. The molecule has 1 aromatic rings. The molecule has 3 heteroatoms. The average molecular weight is 208 g/mol. The molecule has 84 valence electrons. The molecule has 0 radical (unpaired) electrons. The van der Waals surface area contributed by atoms with Gasteiger partial charge in [-0.2, -0.15) is 0 Å². The van der Waals surface area contributed by atoms with Crippen LogP contribution in [0.5, 0.6) is 0 Å². The summed E-state index contributed by atoms with van der Waals surface area (Å²) in [6.07, 6.45) is 1.31. The van der Waals surface area contributed by atoms with E-state index < -0.39 is 0 Å². The Hall–Kier alpha value is -0.800. The number of hydrogen-bond acceptors (Lipinski definition) is 3. The monoisotopic (exact) mass is 208 g/mol. The van der Waals surface area contributed by atoms with E-state index in [2.05, 4.69) is 17.9 Å². The number of nitrogens with zero attached hydrogens (tertiary/aromatic N) is 1. The van der Waals surface area contributed by atoms with Gasteiger partial charge in [-0.15, -0.1) is 0 Å². The van der Waals surface area contributed by atoms with E-state index in [1.165, 1.54) is 19.5 Å². The Balaban J connectivity index is 1.98. The van der Waals surface area contributed by atoms with Gasteiger partial charge in [0.05, 0.1) is 6.54 Å². The summed E-state index contributed by atoms with van der Waals surface area (Å²) in [6.45, 7) is 8.19. The molecule has 1 saturated heterocycles. The molecule has 0 spiro atoms. The predicted molar refractivity (Wildman–Crippen MR) is 60.4 cm³/mol. The molecule has 1 aliphatic rings. The maximum Gasteiger partial charge on any atom is 0.118 e. The van der Waals surface area contributed by atoms with Gasteiger partial charge in [0.25, 0.3) is 0 Å². The standard InChI is InChI=1S/C12H20N2O/c1-9-3-4-14(7-9)8-12-5-11(6-13)10(2)15-12/h5,9H,3-4,6-8,13H2,1-2H3. The molecule has 0 bridgehead atoms. The van der Waals surface area contributed by atoms with Crippen LogP contribution in [0.1, 0.15) is 30.4 Å². The second-order valence-corrected chi connectivity index (χ2v) is 4.63. The summed E-state index contributed by atoms with van der Waals surface area (Å²) in [5.74, 6) is 2.86. The quantitative estimate of drug-likeness (QED) is 0.824. The van der Waals surface area contributed by atoms with E-state index in [4.69, 9.17) is 10.2 Å². The van der Waals surface area contributed by atoms with Crippen LogP contribution in [0.4, 0.5) is 0 Å². The van der Waals surface area contributed by atoms with Crippen molar-refractivity contribution in [3.63, 3.8) is 0 Å². The summed E-state index contributed by atoms with van der Waals surface area (Å²) >= 11 is 0. The van der Waals surface area contributed by atoms with Crippen LogP contribution >= 0.6 is 0 Å². The minimum Gasteiger partial charge on any atom is -0.465 e. The third-order valence-electron chi connectivity index (χ3n) is 3.18. The van der Waals surface area contributed by atoms with Gasteiger partial charge >= 0.3 is 0 Å². The fraction of sp³-hybridized carbons (Fsp3) is 0.667.